The summed E-state index contributed by atoms with van der Waals surface area (Å²) in [6.45, 7) is 3.07. The average molecular weight is 302 g/mol. The molecule has 4 heteroatoms. The van der Waals surface area contributed by atoms with Gasteiger partial charge < -0.3 is 9.88 Å². The second kappa shape index (κ2) is 6.37. The zero-order chi connectivity index (χ0) is 16.2. The minimum Gasteiger partial charge on any atom is -0.375 e. The van der Waals surface area contributed by atoms with E-state index in [1.807, 2.05) is 42.5 Å². The van der Waals surface area contributed by atoms with E-state index in [0.717, 1.165) is 28.8 Å². The Morgan fingerprint density at radius 1 is 1.22 bits per heavy atom. The SMILES string of the molecule is CCN(C)c1ccc(C=C(C#N)c2nc3ccccc3[nH]2)cc1. The van der Waals surface area contributed by atoms with Crippen molar-refractivity contribution in [1.29, 1.82) is 5.26 Å². The minimum absolute atomic E-state index is 0.526. The van der Waals surface area contributed by atoms with Crippen molar-refractivity contribution in [2.24, 2.45) is 0 Å². The van der Waals surface area contributed by atoms with E-state index in [9.17, 15) is 5.26 Å². The molecular weight excluding hydrogens is 284 g/mol. The van der Waals surface area contributed by atoms with Crippen LogP contribution in [0.1, 0.15) is 18.3 Å². The monoisotopic (exact) mass is 302 g/mol. The summed E-state index contributed by atoms with van der Waals surface area (Å²) in [5.41, 5.74) is 4.46. The molecule has 3 rings (SSSR count). The molecule has 0 aliphatic carbocycles. The lowest BCUT2D eigenvalue weighted by Gasteiger charge is -2.16. The molecule has 0 aliphatic rings. The number of nitrogens with one attached hydrogen (secondary N) is 1. The number of hydrogen-bond donors (Lipinski definition) is 1. The van der Waals surface area contributed by atoms with Gasteiger partial charge in [-0.3, -0.25) is 0 Å². The van der Waals surface area contributed by atoms with Crippen molar-refractivity contribution in [3.8, 4) is 6.07 Å². The van der Waals surface area contributed by atoms with Crippen molar-refractivity contribution in [2.45, 2.75) is 6.92 Å². The molecule has 1 heterocycles. The molecule has 2 aromatic carbocycles. The second-order valence-electron chi connectivity index (χ2n) is 5.38. The molecule has 4 nitrogen and oxygen atoms in total. The third-order valence-corrected chi connectivity index (χ3v) is 3.88. The Hall–Kier alpha value is -3.06. The first kappa shape index (κ1) is 14.9. The number of imidazole rings is 1. The van der Waals surface area contributed by atoms with Crippen LogP contribution in [0.15, 0.2) is 48.5 Å². The van der Waals surface area contributed by atoms with E-state index in [0.29, 0.717) is 11.4 Å². The van der Waals surface area contributed by atoms with Crippen molar-refractivity contribution in [3.05, 3.63) is 59.9 Å². The number of para-hydroxylation sites is 2. The van der Waals surface area contributed by atoms with Gasteiger partial charge in [-0.25, -0.2) is 4.98 Å². The first-order valence-corrected chi connectivity index (χ1v) is 7.59. The fourth-order valence-electron chi connectivity index (χ4n) is 2.41. The molecule has 0 aliphatic heterocycles. The largest absolute Gasteiger partial charge is 0.375 e. The van der Waals surface area contributed by atoms with Gasteiger partial charge in [0.1, 0.15) is 11.9 Å². The van der Waals surface area contributed by atoms with Crippen molar-refractivity contribution in [3.63, 3.8) is 0 Å². The summed E-state index contributed by atoms with van der Waals surface area (Å²) >= 11 is 0. The molecule has 114 valence electrons. The van der Waals surface area contributed by atoms with Gasteiger partial charge in [-0.05, 0) is 42.8 Å². The smallest absolute Gasteiger partial charge is 0.149 e. The Morgan fingerprint density at radius 2 is 1.96 bits per heavy atom. The highest BCUT2D eigenvalue weighted by Crippen LogP contribution is 2.20. The van der Waals surface area contributed by atoms with Crippen LogP contribution in [-0.4, -0.2) is 23.6 Å². The minimum atomic E-state index is 0.526. The fourth-order valence-corrected chi connectivity index (χ4v) is 2.41. The van der Waals surface area contributed by atoms with Crippen molar-refractivity contribution < 1.29 is 0 Å². The predicted octanol–water partition coefficient (Wildman–Crippen LogP) is 4.08. The molecule has 0 fully saturated rings. The summed E-state index contributed by atoms with van der Waals surface area (Å²) in [5, 5.41) is 9.46. The highest BCUT2D eigenvalue weighted by atomic mass is 15.1. The van der Waals surface area contributed by atoms with Crippen molar-refractivity contribution >= 4 is 28.4 Å². The van der Waals surface area contributed by atoms with Crippen LogP contribution in [0.4, 0.5) is 5.69 Å². The maximum atomic E-state index is 9.46. The summed E-state index contributed by atoms with van der Waals surface area (Å²) in [6.07, 6.45) is 1.85. The number of aromatic nitrogens is 2. The maximum Gasteiger partial charge on any atom is 0.149 e. The van der Waals surface area contributed by atoms with Gasteiger partial charge >= 0.3 is 0 Å². The Morgan fingerprint density at radius 3 is 2.61 bits per heavy atom. The highest BCUT2D eigenvalue weighted by Gasteiger charge is 2.07. The Kier molecular flexibility index (Phi) is 4.11. The third kappa shape index (κ3) is 3.09. The second-order valence-corrected chi connectivity index (χ2v) is 5.38. The molecule has 0 spiro atoms. The molecule has 1 aromatic heterocycles. The molecule has 0 saturated heterocycles. The topological polar surface area (TPSA) is 55.7 Å². The number of anilines is 1. The lowest BCUT2D eigenvalue weighted by molar-refractivity contribution is 0.968. The van der Waals surface area contributed by atoms with Crippen LogP contribution in [0.25, 0.3) is 22.7 Å². The summed E-state index contributed by atoms with van der Waals surface area (Å²) in [5.74, 6) is 0.600. The van der Waals surface area contributed by atoms with Gasteiger partial charge in [-0.2, -0.15) is 5.26 Å². The van der Waals surface area contributed by atoms with Gasteiger partial charge in [0.25, 0.3) is 0 Å². The van der Waals surface area contributed by atoms with Crippen molar-refractivity contribution in [1.82, 2.24) is 9.97 Å². The van der Waals surface area contributed by atoms with Gasteiger partial charge in [0.05, 0.1) is 16.6 Å². The van der Waals surface area contributed by atoms with Crippen LogP contribution in [0.5, 0.6) is 0 Å². The number of aromatic amines is 1. The molecule has 0 radical (unpaired) electrons. The van der Waals surface area contributed by atoms with E-state index < -0.39 is 0 Å². The molecule has 0 bridgehead atoms. The third-order valence-electron chi connectivity index (χ3n) is 3.88. The summed E-state index contributed by atoms with van der Waals surface area (Å²) in [4.78, 5) is 9.84. The lowest BCUT2D eigenvalue weighted by Crippen LogP contribution is -2.15. The van der Waals surface area contributed by atoms with Crippen LogP contribution in [-0.2, 0) is 0 Å². The molecule has 23 heavy (non-hydrogen) atoms. The number of allylic oxidation sites excluding steroid dienone is 1. The first-order chi connectivity index (χ1) is 11.2. The Labute approximate surface area is 135 Å². The zero-order valence-electron chi connectivity index (χ0n) is 13.2. The van der Waals surface area contributed by atoms with E-state index in [1.165, 1.54) is 0 Å². The van der Waals surface area contributed by atoms with Crippen LogP contribution >= 0.6 is 0 Å². The predicted molar refractivity (Wildman–Crippen MR) is 95.0 cm³/mol. The van der Waals surface area contributed by atoms with E-state index in [1.54, 1.807) is 0 Å². The molecular formula is C19H18N4. The van der Waals surface area contributed by atoms with Gasteiger partial charge in [-0.1, -0.05) is 24.3 Å². The number of nitrogens with zero attached hydrogens (tertiary/aromatic N) is 3. The normalized spacial score (nSPS) is 11.4. The van der Waals surface area contributed by atoms with Gasteiger partial charge in [0, 0.05) is 19.3 Å². The van der Waals surface area contributed by atoms with Crippen LogP contribution in [0.2, 0.25) is 0 Å². The molecule has 0 unspecified atom stereocenters. The lowest BCUT2D eigenvalue weighted by atomic mass is 10.1. The van der Waals surface area contributed by atoms with Crippen LogP contribution in [0, 0.1) is 11.3 Å². The van der Waals surface area contributed by atoms with E-state index >= 15 is 0 Å². The summed E-state index contributed by atoms with van der Waals surface area (Å²) < 4.78 is 0. The Bertz CT molecular complexity index is 849. The van der Waals surface area contributed by atoms with Crippen LogP contribution in [0.3, 0.4) is 0 Å². The van der Waals surface area contributed by atoms with E-state index in [4.69, 9.17) is 0 Å². The van der Waals surface area contributed by atoms with Crippen molar-refractivity contribution in [2.75, 3.05) is 18.5 Å². The molecule has 3 aromatic rings. The number of rotatable bonds is 4. The number of nitriles is 1. The number of fused-ring (bicyclic) bond motifs is 1. The molecule has 0 saturated carbocycles. The number of H-pyrrole nitrogens is 1. The number of hydrogen-bond acceptors (Lipinski definition) is 3. The molecule has 0 atom stereocenters. The Balaban J connectivity index is 1.94. The van der Waals surface area contributed by atoms with Gasteiger partial charge in [-0.15, -0.1) is 0 Å². The quantitative estimate of drug-likeness (QED) is 0.739. The van der Waals surface area contributed by atoms with Crippen LogP contribution < -0.4 is 4.90 Å². The van der Waals surface area contributed by atoms with E-state index in [2.05, 4.69) is 47.0 Å². The highest BCUT2D eigenvalue weighted by molar-refractivity contribution is 5.90. The summed E-state index contributed by atoms with van der Waals surface area (Å²) in [6, 6.07) is 18.1. The average Bonchev–Trinajstić information content (AvgIpc) is 3.03. The standard InChI is InChI=1S/C19H18N4/c1-3-23(2)16-10-8-14(9-11-16)12-15(13-20)19-21-17-6-4-5-7-18(17)22-19/h4-12H,3H2,1-2H3,(H,21,22). The zero-order valence-corrected chi connectivity index (χ0v) is 13.2. The molecule has 1 N–H and O–H groups in total. The van der Waals surface area contributed by atoms with Gasteiger partial charge in [0.2, 0.25) is 0 Å². The van der Waals surface area contributed by atoms with E-state index in [-0.39, 0.29) is 0 Å². The summed E-state index contributed by atoms with van der Waals surface area (Å²) in [7, 11) is 2.06. The fraction of sp³-hybridized carbons (Fsp3) is 0.158. The van der Waals surface area contributed by atoms with Gasteiger partial charge in [0.15, 0.2) is 0 Å². The molecule has 0 amide bonds. The number of benzene rings is 2. The first-order valence-electron chi connectivity index (χ1n) is 7.59. The maximum absolute atomic E-state index is 9.46.